The second kappa shape index (κ2) is 7.81. The van der Waals surface area contributed by atoms with Crippen molar-refractivity contribution < 1.29 is 4.74 Å². The molecule has 0 radical (unpaired) electrons. The highest BCUT2D eigenvalue weighted by molar-refractivity contribution is 5.36. The van der Waals surface area contributed by atoms with Crippen LogP contribution in [-0.4, -0.2) is 37.2 Å². The fraction of sp³-hybridized carbons (Fsp3) is 0.667. The summed E-state index contributed by atoms with van der Waals surface area (Å²) in [4.78, 5) is 2.65. The number of para-hydroxylation sites is 1. The second-order valence-corrected chi connectivity index (χ2v) is 6.14. The number of ether oxygens (including phenoxy) is 1. The van der Waals surface area contributed by atoms with Crippen LogP contribution in [0.1, 0.15) is 51.6 Å². The first-order valence-corrected chi connectivity index (χ1v) is 8.32. The lowest BCUT2D eigenvalue weighted by atomic mass is 9.95. The maximum absolute atomic E-state index is 5.80. The minimum absolute atomic E-state index is 0.316. The van der Waals surface area contributed by atoms with E-state index < -0.39 is 0 Å². The lowest BCUT2D eigenvalue weighted by Crippen LogP contribution is -2.47. The highest BCUT2D eigenvalue weighted by atomic mass is 16.5. The molecule has 1 aliphatic rings. The average Bonchev–Trinajstić information content (AvgIpc) is 2.48. The van der Waals surface area contributed by atoms with Crippen molar-refractivity contribution in [1.29, 1.82) is 0 Å². The molecule has 1 aromatic carbocycles. The fourth-order valence-electron chi connectivity index (χ4n) is 3.45. The molecule has 3 atom stereocenters. The van der Waals surface area contributed by atoms with Gasteiger partial charge < -0.3 is 10.1 Å². The molecule has 3 nitrogen and oxygen atoms in total. The van der Waals surface area contributed by atoms with E-state index in [1.807, 2.05) is 20.0 Å². The normalized spacial score (nSPS) is 24.8. The number of likely N-dealkylation sites (N-methyl/N-ethyl adjacent to an activating group) is 1. The Hall–Kier alpha value is -1.06. The van der Waals surface area contributed by atoms with Gasteiger partial charge in [0.2, 0.25) is 0 Å². The summed E-state index contributed by atoms with van der Waals surface area (Å²) in [5.74, 6) is 1.01. The summed E-state index contributed by atoms with van der Waals surface area (Å²) in [5, 5.41) is 3.48. The van der Waals surface area contributed by atoms with E-state index >= 15 is 0 Å². The minimum atomic E-state index is 0.316. The Bertz CT molecular complexity index is 425. The molecule has 0 aliphatic carbocycles. The number of rotatable bonds is 6. The van der Waals surface area contributed by atoms with E-state index in [2.05, 4.69) is 42.3 Å². The van der Waals surface area contributed by atoms with Crippen LogP contribution in [-0.2, 0) is 0 Å². The molecular formula is C18H30N2O. The van der Waals surface area contributed by atoms with Crippen molar-refractivity contribution in [3.8, 4) is 5.75 Å². The van der Waals surface area contributed by atoms with E-state index in [1.54, 1.807) is 0 Å². The van der Waals surface area contributed by atoms with Gasteiger partial charge in [-0.25, -0.2) is 0 Å². The molecule has 1 fully saturated rings. The van der Waals surface area contributed by atoms with Crippen molar-refractivity contribution in [1.82, 2.24) is 10.2 Å². The third-order valence-corrected chi connectivity index (χ3v) is 4.71. The van der Waals surface area contributed by atoms with Gasteiger partial charge in [0.15, 0.2) is 0 Å². The largest absolute Gasteiger partial charge is 0.494 e. The number of hydrogen-bond acceptors (Lipinski definition) is 3. The van der Waals surface area contributed by atoms with Crippen LogP contribution < -0.4 is 10.1 Å². The van der Waals surface area contributed by atoms with E-state index in [4.69, 9.17) is 4.74 Å². The van der Waals surface area contributed by atoms with Crippen LogP contribution in [0.3, 0.4) is 0 Å². The van der Waals surface area contributed by atoms with Crippen molar-refractivity contribution in [2.45, 2.75) is 58.2 Å². The molecule has 2 rings (SSSR count). The molecule has 0 spiro atoms. The van der Waals surface area contributed by atoms with E-state index in [1.165, 1.54) is 24.8 Å². The van der Waals surface area contributed by atoms with Crippen LogP contribution in [0.15, 0.2) is 24.3 Å². The molecule has 118 valence electrons. The number of hydrogen-bond donors (Lipinski definition) is 1. The Morgan fingerprint density at radius 1 is 1.24 bits per heavy atom. The van der Waals surface area contributed by atoms with Crippen molar-refractivity contribution in [2.24, 2.45) is 0 Å². The SMILES string of the molecule is CCOc1ccccc1C(CN1C(C)CCCC1C)NC. The van der Waals surface area contributed by atoms with Gasteiger partial charge in [0.05, 0.1) is 6.61 Å². The van der Waals surface area contributed by atoms with Gasteiger partial charge in [-0.15, -0.1) is 0 Å². The van der Waals surface area contributed by atoms with Crippen LogP contribution >= 0.6 is 0 Å². The van der Waals surface area contributed by atoms with Gasteiger partial charge in [-0.1, -0.05) is 24.6 Å². The molecular weight excluding hydrogens is 260 g/mol. The third kappa shape index (κ3) is 3.98. The lowest BCUT2D eigenvalue weighted by Gasteiger charge is -2.41. The molecule has 0 aromatic heterocycles. The predicted molar refractivity (Wildman–Crippen MR) is 88.9 cm³/mol. The third-order valence-electron chi connectivity index (χ3n) is 4.71. The summed E-state index contributed by atoms with van der Waals surface area (Å²) in [6, 6.07) is 10.1. The molecule has 1 N–H and O–H groups in total. The average molecular weight is 290 g/mol. The molecule has 1 aromatic rings. The molecule has 1 heterocycles. The zero-order chi connectivity index (χ0) is 15.2. The maximum Gasteiger partial charge on any atom is 0.124 e. The summed E-state index contributed by atoms with van der Waals surface area (Å²) in [6.45, 7) is 8.51. The highest BCUT2D eigenvalue weighted by Gasteiger charge is 2.27. The van der Waals surface area contributed by atoms with Gasteiger partial charge >= 0.3 is 0 Å². The van der Waals surface area contributed by atoms with Gasteiger partial charge in [-0.3, -0.25) is 4.90 Å². The number of likely N-dealkylation sites (tertiary alicyclic amines) is 1. The smallest absolute Gasteiger partial charge is 0.124 e. The van der Waals surface area contributed by atoms with Crippen LogP contribution in [0.2, 0.25) is 0 Å². The highest BCUT2D eigenvalue weighted by Crippen LogP contribution is 2.29. The van der Waals surface area contributed by atoms with Gasteiger partial charge in [-0.2, -0.15) is 0 Å². The van der Waals surface area contributed by atoms with Gasteiger partial charge in [0.1, 0.15) is 5.75 Å². The maximum atomic E-state index is 5.80. The first-order valence-electron chi connectivity index (χ1n) is 8.32. The molecule has 0 amide bonds. The number of nitrogens with zero attached hydrogens (tertiary/aromatic N) is 1. The molecule has 0 bridgehead atoms. The number of benzene rings is 1. The van der Waals surface area contributed by atoms with Crippen LogP contribution in [0.4, 0.5) is 0 Å². The Morgan fingerprint density at radius 2 is 1.90 bits per heavy atom. The van der Waals surface area contributed by atoms with Gasteiger partial charge in [0, 0.05) is 30.2 Å². The van der Waals surface area contributed by atoms with Crippen molar-refractivity contribution >= 4 is 0 Å². The summed E-state index contributed by atoms with van der Waals surface area (Å²) in [6.07, 6.45) is 3.99. The Balaban J connectivity index is 2.15. The van der Waals surface area contributed by atoms with Gasteiger partial charge in [0.25, 0.3) is 0 Å². The zero-order valence-electron chi connectivity index (χ0n) is 13.9. The van der Waals surface area contributed by atoms with Crippen LogP contribution in [0, 0.1) is 0 Å². The number of piperidine rings is 1. The van der Waals surface area contributed by atoms with Crippen LogP contribution in [0.5, 0.6) is 5.75 Å². The quantitative estimate of drug-likeness (QED) is 0.866. The minimum Gasteiger partial charge on any atom is -0.494 e. The fourth-order valence-corrected chi connectivity index (χ4v) is 3.45. The zero-order valence-corrected chi connectivity index (χ0v) is 13.9. The first-order chi connectivity index (χ1) is 10.2. The second-order valence-electron chi connectivity index (χ2n) is 6.14. The van der Waals surface area contributed by atoms with Crippen molar-refractivity contribution in [3.05, 3.63) is 29.8 Å². The van der Waals surface area contributed by atoms with E-state index in [-0.39, 0.29) is 0 Å². The first kappa shape index (κ1) is 16.3. The Kier molecular flexibility index (Phi) is 6.07. The molecule has 21 heavy (non-hydrogen) atoms. The monoisotopic (exact) mass is 290 g/mol. The van der Waals surface area contributed by atoms with E-state index in [0.717, 1.165) is 12.3 Å². The lowest BCUT2D eigenvalue weighted by molar-refractivity contribution is 0.0915. The Morgan fingerprint density at radius 3 is 2.52 bits per heavy atom. The predicted octanol–water partition coefficient (Wildman–Crippen LogP) is 3.61. The van der Waals surface area contributed by atoms with Crippen LogP contribution in [0.25, 0.3) is 0 Å². The topological polar surface area (TPSA) is 24.5 Å². The summed E-state index contributed by atoms with van der Waals surface area (Å²) in [7, 11) is 2.05. The molecule has 1 aliphatic heterocycles. The van der Waals surface area contributed by atoms with Crippen molar-refractivity contribution in [3.63, 3.8) is 0 Å². The Labute approximate surface area is 129 Å². The molecule has 3 heteroatoms. The summed E-state index contributed by atoms with van der Waals surface area (Å²) >= 11 is 0. The molecule has 3 unspecified atom stereocenters. The van der Waals surface area contributed by atoms with E-state index in [0.29, 0.717) is 24.7 Å². The molecule has 1 saturated heterocycles. The van der Waals surface area contributed by atoms with E-state index in [9.17, 15) is 0 Å². The van der Waals surface area contributed by atoms with Gasteiger partial charge in [-0.05, 0) is 46.7 Å². The number of nitrogens with one attached hydrogen (secondary N) is 1. The van der Waals surface area contributed by atoms with Crippen molar-refractivity contribution in [2.75, 3.05) is 20.2 Å². The summed E-state index contributed by atoms with van der Waals surface area (Å²) < 4.78 is 5.80. The standard InChI is InChI=1S/C18H30N2O/c1-5-21-18-12-7-6-11-16(18)17(19-4)13-20-14(2)9-8-10-15(20)3/h6-7,11-12,14-15,17,19H,5,8-10,13H2,1-4H3. The summed E-state index contributed by atoms with van der Waals surface area (Å²) in [5.41, 5.74) is 1.27. The molecule has 0 saturated carbocycles.